The number of nitrogen functional groups attached to an aromatic ring is 1. The summed E-state index contributed by atoms with van der Waals surface area (Å²) in [7, 11) is 0. The third-order valence-corrected chi connectivity index (χ3v) is 3.41. The zero-order chi connectivity index (χ0) is 13.4. The van der Waals surface area contributed by atoms with Gasteiger partial charge in [-0.05, 0) is 30.3 Å². The molecule has 0 atom stereocenters. The Kier molecular flexibility index (Phi) is 2.87. The molecule has 0 amide bonds. The lowest BCUT2D eigenvalue weighted by Gasteiger charge is -2.05. The standard InChI is InChI=1S/C15H10BrNO2/c16-9-5-6-14-11(7-9)13(18)8-15(19-14)10-3-1-2-4-12(10)17/h1-8H,17H2. The van der Waals surface area contributed by atoms with E-state index < -0.39 is 0 Å². The van der Waals surface area contributed by atoms with Gasteiger partial charge < -0.3 is 10.2 Å². The van der Waals surface area contributed by atoms with Crippen LogP contribution in [0, 0.1) is 0 Å². The summed E-state index contributed by atoms with van der Waals surface area (Å²) >= 11 is 3.34. The Morgan fingerprint density at radius 3 is 2.63 bits per heavy atom. The van der Waals surface area contributed by atoms with E-state index in [0.717, 1.165) is 10.0 Å². The van der Waals surface area contributed by atoms with Crippen LogP contribution in [0.2, 0.25) is 0 Å². The average Bonchev–Trinajstić information content (AvgIpc) is 2.40. The van der Waals surface area contributed by atoms with Crippen LogP contribution in [0.1, 0.15) is 0 Å². The van der Waals surface area contributed by atoms with Crippen molar-refractivity contribution < 1.29 is 4.42 Å². The molecule has 0 saturated heterocycles. The van der Waals surface area contributed by atoms with Crippen molar-refractivity contribution in [2.75, 3.05) is 5.73 Å². The van der Waals surface area contributed by atoms with Crippen LogP contribution in [0.3, 0.4) is 0 Å². The molecule has 0 radical (unpaired) electrons. The number of fused-ring (bicyclic) bond motifs is 1. The molecule has 94 valence electrons. The first-order valence-corrected chi connectivity index (χ1v) is 6.53. The first kappa shape index (κ1) is 12.0. The molecule has 1 aromatic heterocycles. The third-order valence-electron chi connectivity index (χ3n) is 2.92. The molecule has 2 N–H and O–H groups in total. The number of hydrogen-bond acceptors (Lipinski definition) is 3. The van der Waals surface area contributed by atoms with Gasteiger partial charge in [0.2, 0.25) is 0 Å². The van der Waals surface area contributed by atoms with Crippen LogP contribution in [0.4, 0.5) is 5.69 Å². The number of halogens is 1. The van der Waals surface area contributed by atoms with Crippen molar-refractivity contribution in [3.05, 3.63) is 63.2 Å². The molecule has 19 heavy (non-hydrogen) atoms. The highest BCUT2D eigenvalue weighted by Crippen LogP contribution is 2.27. The topological polar surface area (TPSA) is 56.2 Å². The van der Waals surface area contributed by atoms with Crippen LogP contribution in [-0.2, 0) is 0 Å². The number of hydrogen-bond donors (Lipinski definition) is 1. The second-order valence-corrected chi connectivity index (χ2v) is 5.12. The van der Waals surface area contributed by atoms with Crippen molar-refractivity contribution in [1.82, 2.24) is 0 Å². The molecule has 0 fully saturated rings. The zero-order valence-electron chi connectivity index (χ0n) is 9.89. The molecule has 4 heteroatoms. The first-order chi connectivity index (χ1) is 9.15. The van der Waals surface area contributed by atoms with E-state index in [9.17, 15) is 4.79 Å². The Hall–Kier alpha value is -2.07. The molecule has 1 heterocycles. The molecule has 3 aromatic rings. The quantitative estimate of drug-likeness (QED) is 0.695. The van der Waals surface area contributed by atoms with E-state index in [1.807, 2.05) is 24.3 Å². The molecule has 3 rings (SSSR count). The fourth-order valence-electron chi connectivity index (χ4n) is 1.98. The van der Waals surface area contributed by atoms with E-state index in [4.69, 9.17) is 10.2 Å². The van der Waals surface area contributed by atoms with E-state index in [2.05, 4.69) is 15.9 Å². The smallest absolute Gasteiger partial charge is 0.193 e. The van der Waals surface area contributed by atoms with Gasteiger partial charge in [-0.2, -0.15) is 0 Å². The molecule has 0 aliphatic rings. The Balaban J connectivity index is 2.31. The van der Waals surface area contributed by atoms with Gasteiger partial charge in [-0.25, -0.2) is 0 Å². The minimum atomic E-state index is -0.0826. The highest BCUT2D eigenvalue weighted by molar-refractivity contribution is 9.10. The Morgan fingerprint density at radius 1 is 1.05 bits per heavy atom. The second-order valence-electron chi connectivity index (χ2n) is 4.20. The highest BCUT2D eigenvalue weighted by atomic mass is 79.9. The molecule has 0 unspecified atom stereocenters. The summed E-state index contributed by atoms with van der Waals surface area (Å²) in [5, 5.41) is 0.549. The van der Waals surface area contributed by atoms with Crippen LogP contribution in [0.5, 0.6) is 0 Å². The monoisotopic (exact) mass is 315 g/mol. The maximum atomic E-state index is 12.1. The van der Waals surface area contributed by atoms with Gasteiger partial charge in [-0.15, -0.1) is 0 Å². The fraction of sp³-hybridized carbons (Fsp3) is 0. The molecule has 0 aliphatic carbocycles. The average molecular weight is 316 g/mol. The van der Waals surface area contributed by atoms with Crippen LogP contribution >= 0.6 is 15.9 Å². The molecule has 2 aromatic carbocycles. The van der Waals surface area contributed by atoms with E-state index in [0.29, 0.717) is 22.4 Å². The van der Waals surface area contributed by atoms with Crippen LogP contribution in [0.25, 0.3) is 22.3 Å². The van der Waals surface area contributed by atoms with Crippen molar-refractivity contribution in [3.63, 3.8) is 0 Å². The molecular formula is C15H10BrNO2. The summed E-state index contributed by atoms with van der Waals surface area (Å²) in [6.45, 7) is 0. The second kappa shape index (κ2) is 4.55. The largest absolute Gasteiger partial charge is 0.456 e. The number of benzene rings is 2. The Morgan fingerprint density at radius 2 is 1.84 bits per heavy atom. The van der Waals surface area contributed by atoms with Crippen molar-refractivity contribution in [2.45, 2.75) is 0 Å². The Labute approximate surface area is 117 Å². The molecule has 0 aliphatic heterocycles. The predicted octanol–water partition coefficient (Wildman–Crippen LogP) is 3.80. The maximum absolute atomic E-state index is 12.1. The summed E-state index contributed by atoms with van der Waals surface area (Å²) in [6.07, 6.45) is 0. The minimum Gasteiger partial charge on any atom is -0.456 e. The van der Waals surface area contributed by atoms with Crippen molar-refractivity contribution in [2.24, 2.45) is 0 Å². The van der Waals surface area contributed by atoms with Crippen molar-refractivity contribution in [3.8, 4) is 11.3 Å². The summed E-state index contributed by atoms with van der Waals surface area (Å²) in [6, 6.07) is 14.1. The summed E-state index contributed by atoms with van der Waals surface area (Å²) in [4.78, 5) is 12.1. The number of anilines is 1. The molecular weight excluding hydrogens is 306 g/mol. The highest BCUT2D eigenvalue weighted by Gasteiger charge is 2.09. The Bertz CT molecular complexity index is 824. The zero-order valence-corrected chi connectivity index (χ0v) is 11.5. The van der Waals surface area contributed by atoms with Crippen molar-refractivity contribution in [1.29, 1.82) is 0 Å². The minimum absolute atomic E-state index is 0.0826. The van der Waals surface area contributed by atoms with Gasteiger partial charge in [0.15, 0.2) is 5.43 Å². The number of rotatable bonds is 1. The number of nitrogens with two attached hydrogens (primary N) is 1. The third kappa shape index (κ3) is 2.15. The number of para-hydroxylation sites is 1. The van der Waals surface area contributed by atoms with E-state index >= 15 is 0 Å². The summed E-state index contributed by atoms with van der Waals surface area (Å²) in [5.41, 5.74) is 7.68. The first-order valence-electron chi connectivity index (χ1n) is 5.73. The summed E-state index contributed by atoms with van der Waals surface area (Å²) < 4.78 is 6.61. The maximum Gasteiger partial charge on any atom is 0.193 e. The molecule has 0 spiro atoms. The van der Waals surface area contributed by atoms with Gasteiger partial charge in [0.25, 0.3) is 0 Å². The molecule has 0 bridgehead atoms. The van der Waals surface area contributed by atoms with Gasteiger partial charge in [-0.1, -0.05) is 28.1 Å². The van der Waals surface area contributed by atoms with Gasteiger partial charge in [-0.3, -0.25) is 4.79 Å². The predicted molar refractivity (Wildman–Crippen MR) is 80.0 cm³/mol. The van der Waals surface area contributed by atoms with E-state index in [1.54, 1.807) is 18.2 Å². The van der Waals surface area contributed by atoms with Gasteiger partial charge >= 0.3 is 0 Å². The van der Waals surface area contributed by atoms with E-state index in [-0.39, 0.29) is 5.43 Å². The van der Waals surface area contributed by atoms with Gasteiger partial charge in [0.1, 0.15) is 11.3 Å². The normalized spacial score (nSPS) is 10.8. The lowest BCUT2D eigenvalue weighted by atomic mass is 10.1. The van der Waals surface area contributed by atoms with E-state index in [1.165, 1.54) is 6.07 Å². The molecule has 0 saturated carbocycles. The van der Waals surface area contributed by atoms with Crippen molar-refractivity contribution >= 4 is 32.6 Å². The van der Waals surface area contributed by atoms with Crippen LogP contribution in [0.15, 0.2) is 62.2 Å². The lowest BCUT2D eigenvalue weighted by Crippen LogP contribution is -2.01. The van der Waals surface area contributed by atoms with Crippen LogP contribution in [-0.4, -0.2) is 0 Å². The van der Waals surface area contributed by atoms with Gasteiger partial charge in [0, 0.05) is 21.8 Å². The lowest BCUT2D eigenvalue weighted by molar-refractivity contribution is 0.619. The van der Waals surface area contributed by atoms with Crippen LogP contribution < -0.4 is 11.2 Å². The summed E-state index contributed by atoms with van der Waals surface area (Å²) in [5.74, 6) is 0.484. The fourth-order valence-corrected chi connectivity index (χ4v) is 2.34. The van der Waals surface area contributed by atoms with Gasteiger partial charge in [0.05, 0.1) is 5.39 Å². The molecule has 3 nitrogen and oxygen atoms in total. The SMILES string of the molecule is Nc1ccccc1-c1cc(=O)c2cc(Br)ccc2o1.